The molecule has 5 aliphatic carbocycles. The molecule has 5 aliphatic rings. The van der Waals surface area contributed by atoms with Crippen LogP contribution in [0.1, 0.15) is 110 Å². The Bertz CT molecular complexity index is 1080. The molecule has 0 amide bonds. The molecule has 0 aliphatic heterocycles. The molecule has 8 atom stereocenters. The molecule has 3 saturated carbocycles. The van der Waals surface area contributed by atoms with Crippen molar-refractivity contribution in [3.8, 4) is 0 Å². The molecule has 3 fully saturated rings. The summed E-state index contributed by atoms with van der Waals surface area (Å²) in [5.41, 5.74) is 3.51. The fourth-order valence-electron chi connectivity index (χ4n) is 10.7. The van der Waals surface area contributed by atoms with Gasteiger partial charge >= 0.3 is 5.97 Å². The molecular weight excluding hydrogens is 434 g/mol. The first-order valence-corrected chi connectivity index (χ1v) is 14.1. The van der Waals surface area contributed by atoms with Gasteiger partial charge in [-0.2, -0.15) is 0 Å². The van der Waals surface area contributed by atoms with Crippen LogP contribution in [0, 0.1) is 44.8 Å². The Balaban J connectivity index is 1.45. The summed E-state index contributed by atoms with van der Waals surface area (Å²) in [4.78, 5) is 13.4. The summed E-state index contributed by atoms with van der Waals surface area (Å²) in [5, 5.41) is 4.20. The van der Waals surface area contributed by atoms with E-state index in [4.69, 9.17) is 9.26 Å². The summed E-state index contributed by atoms with van der Waals surface area (Å²) in [6.07, 6.45) is 14.6. The second kappa shape index (κ2) is 7.25. The number of carbonyl (C=O) groups excluding carboxylic acids is 1. The number of methoxy groups -OCH3 is 1. The Kier molecular flexibility index (Phi) is 4.93. The molecule has 0 N–H and O–H groups in total. The van der Waals surface area contributed by atoms with Gasteiger partial charge < -0.3 is 9.26 Å². The minimum absolute atomic E-state index is 0.0463. The average Bonchev–Trinajstić information content (AvgIpc) is 3.27. The lowest BCUT2D eigenvalue weighted by Crippen LogP contribution is -2.63. The highest BCUT2D eigenvalue weighted by Gasteiger charge is 2.68. The smallest absolute Gasteiger partial charge is 0.312 e. The summed E-state index contributed by atoms with van der Waals surface area (Å²) >= 11 is 0. The zero-order valence-corrected chi connectivity index (χ0v) is 23.0. The minimum atomic E-state index is -0.323. The van der Waals surface area contributed by atoms with E-state index in [9.17, 15) is 4.79 Å². The van der Waals surface area contributed by atoms with Crippen molar-refractivity contribution in [1.29, 1.82) is 0 Å². The third kappa shape index (κ3) is 2.86. The number of fused-ring (bicyclic) bond motifs is 8. The molecule has 0 spiro atoms. The molecule has 35 heavy (non-hydrogen) atoms. The average molecular weight is 480 g/mol. The second-order valence-corrected chi connectivity index (χ2v) is 14.6. The zero-order chi connectivity index (χ0) is 25.0. The van der Waals surface area contributed by atoms with Gasteiger partial charge in [0.15, 0.2) is 0 Å². The van der Waals surface area contributed by atoms with Crippen LogP contribution in [0.4, 0.5) is 0 Å². The summed E-state index contributed by atoms with van der Waals surface area (Å²) in [7, 11) is 1.60. The van der Waals surface area contributed by atoms with Crippen molar-refractivity contribution in [2.24, 2.45) is 44.8 Å². The van der Waals surface area contributed by atoms with Gasteiger partial charge in [0.1, 0.15) is 5.76 Å². The number of hydrogen-bond acceptors (Lipinski definition) is 4. The zero-order valence-electron chi connectivity index (χ0n) is 23.0. The fraction of sp³-hybridized carbons (Fsp3) is 0.806. The fourth-order valence-corrected chi connectivity index (χ4v) is 10.7. The number of aromatic nitrogens is 1. The third-order valence-corrected chi connectivity index (χ3v) is 12.8. The highest BCUT2D eigenvalue weighted by atomic mass is 16.5. The Morgan fingerprint density at radius 3 is 2.57 bits per heavy atom. The van der Waals surface area contributed by atoms with E-state index in [-0.39, 0.29) is 33.0 Å². The van der Waals surface area contributed by atoms with Crippen molar-refractivity contribution in [2.45, 2.75) is 105 Å². The number of allylic oxidation sites excluding steroid dienone is 2. The minimum Gasteiger partial charge on any atom is -0.469 e. The van der Waals surface area contributed by atoms with Crippen LogP contribution >= 0.6 is 0 Å². The lowest BCUT2D eigenvalue weighted by atomic mass is 9.34. The van der Waals surface area contributed by atoms with E-state index in [1.807, 2.05) is 6.20 Å². The molecular formula is C31H45NO3. The predicted octanol–water partition coefficient (Wildman–Crippen LogP) is 7.49. The first kappa shape index (κ1) is 23.8. The Labute approximate surface area is 211 Å². The largest absolute Gasteiger partial charge is 0.469 e. The summed E-state index contributed by atoms with van der Waals surface area (Å²) in [6, 6.07) is 0. The topological polar surface area (TPSA) is 52.3 Å². The van der Waals surface area contributed by atoms with Gasteiger partial charge in [0.2, 0.25) is 0 Å². The van der Waals surface area contributed by atoms with Gasteiger partial charge in [0, 0.05) is 11.5 Å². The van der Waals surface area contributed by atoms with E-state index in [1.165, 1.54) is 18.4 Å². The number of rotatable bonds is 1. The standard InChI is InChI=1S/C31H45NO3/c1-19-21-10-11-30(6)24(28(21,4)16-20-18-32-35-25(19)20)9-8-22-23-17-27(2,3)12-14-31(23,26(33)34-7)15-13-29(22,30)5/h8,18-19,21,23-24H,9-17H2,1-7H3/t19-,21-,23?,24+,28-,29+,30+,31-/m0/s1. The van der Waals surface area contributed by atoms with Crippen LogP contribution in [0.2, 0.25) is 0 Å². The molecule has 1 aromatic rings. The predicted molar refractivity (Wildman–Crippen MR) is 137 cm³/mol. The van der Waals surface area contributed by atoms with Gasteiger partial charge in [0.25, 0.3) is 0 Å². The van der Waals surface area contributed by atoms with Crippen LogP contribution in [0.25, 0.3) is 0 Å². The van der Waals surface area contributed by atoms with E-state index < -0.39 is 0 Å². The molecule has 1 aromatic heterocycles. The third-order valence-electron chi connectivity index (χ3n) is 12.8. The van der Waals surface area contributed by atoms with E-state index in [2.05, 4.69) is 52.8 Å². The molecule has 0 aromatic carbocycles. The molecule has 1 unspecified atom stereocenters. The maximum Gasteiger partial charge on any atom is 0.312 e. The first-order valence-electron chi connectivity index (χ1n) is 14.1. The van der Waals surface area contributed by atoms with Gasteiger partial charge in [-0.05, 0) is 97.2 Å². The number of nitrogens with zero attached hydrogens (tertiary/aromatic N) is 1. The molecule has 192 valence electrons. The Hall–Kier alpha value is -1.58. The molecule has 1 heterocycles. The summed E-state index contributed by atoms with van der Waals surface area (Å²) < 4.78 is 11.3. The molecule has 4 nitrogen and oxygen atoms in total. The first-order chi connectivity index (χ1) is 16.4. The normalized spacial score (nSPS) is 47.8. The Morgan fingerprint density at radius 1 is 1.09 bits per heavy atom. The van der Waals surface area contributed by atoms with Crippen LogP contribution in [0.15, 0.2) is 22.4 Å². The number of esters is 1. The van der Waals surface area contributed by atoms with E-state index in [0.717, 1.165) is 50.7 Å². The number of hydrogen-bond donors (Lipinski definition) is 0. The van der Waals surface area contributed by atoms with Crippen LogP contribution < -0.4 is 0 Å². The van der Waals surface area contributed by atoms with Crippen molar-refractivity contribution >= 4 is 5.97 Å². The van der Waals surface area contributed by atoms with Crippen molar-refractivity contribution in [3.05, 3.63) is 29.2 Å². The van der Waals surface area contributed by atoms with Gasteiger partial charge in [0.05, 0.1) is 18.7 Å². The summed E-state index contributed by atoms with van der Waals surface area (Å²) in [6.45, 7) is 15.0. The second-order valence-electron chi connectivity index (χ2n) is 14.6. The lowest BCUT2D eigenvalue weighted by Gasteiger charge is -2.69. The van der Waals surface area contributed by atoms with Gasteiger partial charge in [-0.1, -0.05) is 58.3 Å². The van der Waals surface area contributed by atoms with Crippen LogP contribution in [-0.2, 0) is 16.0 Å². The Morgan fingerprint density at radius 2 is 1.83 bits per heavy atom. The van der Waals surface area contributed by atoms with Crippen LogP contribution in [0.3, 0.4) is 0 Å². The van der Waals surface area contributed by atoms with Gasteiger partial charge in [-0.3, -0.25) is 4.79 Å². The molecule has 0 saturated heterocycles. The number of ether oxygens (including phenoxy) is 1. The maximum atomic E-state index is 13.4. The van der Waals surface area contributed by atoms with E-state index in [1.54, 1.807) is 12.7 Å². The molecule has 0 radical (unpaired) electrons. The molecule has 6 rings (SSSR count). The van der Waals surface area contributed by atoms with Gasteiger partial charge in [-0.25, -0.2) is 0 Å². The quantitative estimate of drug-likeness (QED) is 0.309. The molecule has 0 bridgehead atoms. The highest BCUT2D eigenvalue weighted by Crippen LogP contribution is 2.75. The summed E-state index contributed by atoms with van der Waals surface area (Å²) in [5.74, 6) is 3.22. The molecule has 4 heteroatoms. The monoisotopic (exact) mass is 479 g/mol. The SMILES string of the molecule is COC(=O)[C@]12CCC(C)(C)CC1C1=CC[C@@H]3[C@@]4(C)Cc5cnoc5[C@@H](C)[C@@H]4CC[C@@]3(C)[C@]1(C)CC2. The number of carbonyl (C=O) groups is 1. The van der Waals surface area contributed by atoms with Crippen molar-refractivity contribution in [3.63, 3.8) is 0 Å². The van der Waals surface area contributed by atoms with Crippen LogP contribution in [0.5, 0.6) is 0 Å². The van der Waals surface area contributed by atoms with Gasteiger partial charge in [-0.15, -0.1) is 0 Å². The van der Waals surface area contributed by atoms with E-state index >= 15 is 0 Å². The van der Waals surface area contributed by atoms with Crippen molar-refractivity contribution < 1.29 is 14.1 Å². The van der Waals surface area contributed by atoms with Crippen molar-refractivity contribution in [2.75, 3.05) is 7.11 Å². The highest BCUT2D eigenvalue weighted by molar-refractivity contribution is 5.78. The van der Waals surface area contributed by atoms with Crippen molar-refractivity contribution in [1.82, 2.24) is 5.16 Å². The lowest BCUT2D eigenvalue weighted by molar-refractivity contribution is -0.177. The maximum absolute atomic E-state index is 13.4. The van der Waals surface area contributed by atoms with E-state index in [0.29, 0.717) is 23.7 Å². The van der Waals surface area contributed by atoms with Crippen LogP contribution in [-0.4, -0.2) is 18.2 Å².